The first kappa shape index (κ1) is 16.1. The molecule has 118 valence electrons. The van der Waals surface area contributed by atoms with Crippen LogP contribution < -0.4 is 10.6 Å². The lowest BCUT2D eigenvalue weighted by Gasteiger charge is -2.35. The Bertz CT molecular complexity index is 472. The molecule has 0 spiro atoms. The average Bonchev–Trinajstić information content (AvgIpc) is 2.47. The summed E-state index contributed by atoms with van der Waals surface area (Å²) in [6, 6.07) is 0.529. The molecule has 1 aromatic rings. The highest BCUT2D eigenvalue weighted by molar-refractivity contribution is 5.57. The Morgan fingerprint density at radius 3 is 2.52 bits per heavy atom. The van der Waals surface area contributed by atoms with Gasteiger partial charge in [-0.25, -0.2) is 9.97 Å². The van der Waals surface area contributed by atoms with Crippen molar-refractivity contribution in [2.45, 2.75) is 65.8 Å². The molecule has 4 heteroatoms. The Labute approximate surface area is 129 Å². The number of aryl methyl sites for hydroxylation is 1. The van der Waals surface area contributed by atoms with Gasteiger partial charge in [-0.2, -0.15) is 0 Å². The fourth-order valence-electron chi connectivity index (χ4n) is 3.24. The lowest BCUT2D eigenvalue weighted by atomic mass is 9.78. The van der Waals surface area contributed by atoms with E-state index in [0.29, 0.717) is 12.0 Å². The molecule has 0 aliphatic heterocycles. The quantitative estimate of drug-likeness (QED) is 0.860. The smallest absolute Gasteiger partial charge is 0.135 e. The SMILES string of the molecule is CCCc1nc(NC)c(C)c(NC2CCCC(C)C2C)n1. The molecule has 0 aromatic carbocycles. The number of rotatable bonds is 5. The van der Waals surface area contributed by atoms with Crippen LogP contribution in [0.1, 0.15) is 57.8 Å². The van der Waals surface area contributed by atoms with E-state index in [-0.39, 0.29) is 0 Å². The molecule has 2 N–H and O–H groups in total. The Morgan fingerprint density at radius 1 is 1.14 bits per heavy atom. The van der Waals surface area contributed by atoms with E-state index in [2.05, 4.69) is 43.3 Å². The topological polar surface area (TPSA) is 49.8 Å². The van der Waals surface area contributed by atoms with Gasteiger partial charge in [-0.3, -0.25) is 0 Å². The van der Waals surface area contributed by atoms with Crippen LogP contribution in [0.5, 0.6) is 0 Å². The van der Waals surface area contributed by atoms with Crippen molar-refractivity contribution in [1.82, 2.24) is 9.97 Å². The molecule has 0 bridgehead atoms. The maximum Gasteiger partial charge on any atom is 0.135 e. The highest BCUT2D eigenvalue weighted by atomic mass is 15.1. The summed E-state index contributed by atoms with van der Waals surface area (Å²) in [5.74, 6) is 4.39. The highest BCUT2D eigenvalue weighted by Gasteiger charge is 2.27. The lowest BCUT2D eigenvalue weighted by Crippen LogP contribution is -2.35. The zero-order valence-corrected chi connectivity index (χ0v) is 14.2. The minimum atomic E-state index is 0.529. The summed E-state index contributed by atoms with van der Waals surface area (Å²) in [5, 5.41) is 6.91. The van der Waals surface area contributed by atoms with Gasteiger partial charge in [0.05, 0.1) is 0 Å². The van der Waals surface area contributed by atoms with Crippen molar-refractivity contribution in [1.29, 1.82) is 0 Å². The maximum atomic E-state index is 4.76. The van der Waals surface area contributed by atoms with E-state index in [1.54, 1.807) is 0 Å². The Morgan fingerprint density at radius 2 is 1.86 bits per heavy atom. The van der Waals surface area contributed by atoms with Gasteiger partial charge in [0.1, 0.15) is 17.5 Å². The van der Waals surface area contributed by atoms with Gasteiger partial charge in [-0.1, -0.05) is 33.6 Å². The summed E-state index contributed by atoms with van der Waals surface area (Å²) < 4.78 is 0. The van der Waals surface area contributed by atoms with Crippen LogP contribution >= 0.6 is 0 Å². The Kier molecular flexibility index (Phi) is 5.43. The van der Waals surface area contributed by atoms with Crippen molar-refractivity contribution in [3.05, 3.63) is 11.4 Å². The van der Waals surface area contributed by atoms with Crippen LogP contribution in [-0.4, -0.2) is 23.1 Å². The Balaban J connectivity index is 2.23. The first-order valence-electron chi connectivity index (χ1n) is 8.38. The number of aromatic nitrogens is 2. The first-order valence-corrected chi connectivity index (χ1v) is 8.38. The Hall–Kier alpha value is -1.32. The van der Waals surface area contributed by atoms with E-state index >= 15 is 0 Å². The number of hydrogen-bond donors (Lipinski definition) is 2. The summed E-state index contributed by atoms with van der Waals surface area (Å²) in [4.78, 5) is 9.37. The van der Waals surface area contributed by atoms with Gasteiger partial charge in [-0.15, -0.1) is 0 Å². The minimum absolute atomic E-state index is 0.529. The molecule has 2 rings (SSSR count). The standard InChI is InChI=1S/C17H30N4/c1-6-8-15-20-16(18-5)13(4)17(21-15)19-14-10-7-9-11(2)12(14)3/h11-12,14H,6-10H2,1-5H3,(H2,18,19,20,21). The van der Waals surface area contributed by atoms with Gasteiger partial charge < -0.3 is 10.6 Å². The molecular weight excluding hydrogens is 260 g/mol. The second-order valence-electron chi connectivity index (χ2n) is 6.48. The van der Waals surface area contributed by atoms with Crippen LogP contribution in [0.3, 0.4) is 0 Å². The number of hydrogen-bond acceptors (Lipinski definition) is 4. The fraction of sp³-hybridized carbons (Fsp3) is 0.765. The molecular formula is C17H30N4. The van der Waals surface area contributed by atoms with Crippen LogP contribution in [0.15, 0.2) is 0 Å². The van der Waals surface area contributed by atoms with Crippen molar-refractivity contribution >= 4 is 11.6 Å². The van der Waals surface area contributed by atoms with Crippen LogP contribution in [-0.2, 0) is 6.42 Å². The van der Waals surface area contributed by atoms with Crippen molar-refractivity contribution in [3.8, 4) is 0 Å². The van der Waals surface area contributed by atoms with E-state index in [4.69, 9.17) is 4.98 Å². The molecule has 21 heavy (non-hydrogen) atoms. The molecule has 3 unspecified atom stereocenters. The van der Waals surface area contributed by atoms with Gasteiger partial charge >= 0.3 is 0 Å². The molecule has 3 atom stereocenters. The fourth-order valence-corrected chi connectivity index (χ4v) is 3.24. The number of nitrogens with one attached hydrogen (secondary N) is 2. The monoisotopic (exact) mass is 290 g/mol. The zero-order valence-electron chi connectivity index (χ0n) is 14.2. The van der Waals surface area contributed by atoms with E-state index in [9.17, 15) is 0 Å². The van der Waals surface area contributed by atoms with Crippen molar-refractivity contribution in [2.75, 3.05) is 17.7 Å². The number of anilines is 2. The second-order valence-corrected chi connectivity index (χ2v) is 6.48. The molecule has 1 aliphatic rings. The normalized spacial score (nSPS) is 25.7. The predicted molar refractivity (Wildman–Crippen MR) is 89.9 cm³/mol. The number of nitrogens with zero attached hydrogens (tertiary/aromatic N) is 2. The summed E-state index contributed by atoms with van der Waals surface area (Å²) in [6.07, 6.45) is 5.91. The lowest BCUT2D eigenvalue weighted by molar-refractivity contribution is 0.252. The summed E-state index contributed by atoms with van der Waals surface area (Å²) >= 11 is 0. The molecule has 1 heterocycles. The molecule has 1 aliphatic carbocycles. The van der Waals surface area contributed by atoms with Crippen LogP contribution in [0, 0.1) is 18.8 Å². The van der Waals surface area contributed by atoms with Crippen molar-refractivity contribution in [2.24, 2.45) is 11.8 Å². The summed E-state index contributed by atoms with van der Waals surface area (Å²) in [5.41, 5.74) is 1.13. The van der Waals surface area contributed by atoms with Gasteiger partial charge in [0.15, 0.2) is 0 Å². The maximum absolute atomic E-state index is 4.76. The third-order valence-corrected chi connectivity index (χ3v) is 4.93. The van der Waals surface area contributed by atoms with Crippen molar-refractivity contribution < 1.29 is 0 Å². The molecule has 0 amide bonds. The van der Waals surface area contributed by atoms with Gasteiger partial charge in [0.2, 0.25) is 0 Å². The first-order chi connectivity index (χ1) is 10.1. The minimum Gasteiger partial charge on any atom is -0.373 e. The molecule has 0 radical (unpaired) electrons. The van der Waals surface area contributed by atoms with E-state index in [0.717, 1.165) is 41.8 Å². The van der Waals surface area contributed by atoms with E-state index in [1.165, 1.54) is 19.3 Å². The van der Waals surface area contributed by atoms with Gasteiger partial charge in [-0.05, 0) is 31.6 Å². The predicted octanol–water partition coefficient (Wildman–Crippen LogP) is 4.02. The highest BCUT2D eigenvalue weighted by Crippen LogP contribution is 2.32. The van der Waals surface area contributed by atoms with E-state index in [1.807, 2.05) is 7.05 Å². The van der Waals surface area contributed by atoms with E-state index < -0.39 is 0 Å². The zero-order chi connectivity index (χ0) is 15.4. The second kappa shape index (κ2) is 7.10. The summed E-state index contributed by atoms with van der Waals surface area (Å²) in [6.45, 7) is 9.00. The van der Waals surface area contributed by atoms with Crippen molar-refractivity contribution in [3.63, 3.8) is 0 Å². The molecule has 1 saturated carbocycles. The van der Waals surface area contributed by atoms with Crippen LogP contribution in [0.25, 0.3) is 0 Å². The third-order valence-electron chi connectivity index (χ3n) is 4.93. The third kappa shape index (κ3) is 3.66. The molecule has 1 fully saturated rings. The molecule has 1 aromatic heterocycles. The largest absolute Gasteiger partial charge is 0.373 e. The average molecular weight is 290 g/mol. The molecule has 4 nitrogen and oxygen atoms in total. The van der Waals surface area contributed by atoms with Crippen LogP contribution in [0.4, 0.5) is 11.6 Å². The molecule has 0 saturated heterocycles. The van der Waals surface area contributed by atoms with Gasteiger partial charge in [0, 0.05) is 25.1 Å². The summed E-state index contributed by atoms with van der Waals surface area (Å²) in [7, 11) is 1.93. The van der Waals surface area contributed by atoms with Crippen LogP contribution in [0.2, 0.25) is 0 Å². The van der Waals surface area contributed by atoms with Gasteiger partial charge in [0.25, 0.3) is 0 Å².